The molecule has 3 heteroatoms. The fourth-order valence-corrected chi connectivity index (χ4v) is 2.78. The Morgan fingerprint density at radius 1 is 1.44 bits per heavy atom. The van der Waals surface area contributed by atoms with E-state index >= 15 is 0 Å². The van der Waals surface area contributed by atoms with Crippen LogP contribution < -0.4 is 5.32 Å². The van der Waals surface area contributed by atoms with E-state index < -0.39 is 0 Å². The molecule has 0 bridgehead atoms. The third-order valence-corrected chi connectivity index (χ3v) is 3.75. The lowest BCUT2D eigenvalue weighted by Gasteiger charge is -2.21. The molecule has 1 aromatic rings. The van der Waals surface area contributed by atoms with E-state index in [1.165, 1.54) is 17.7 Å². The minimum Gasteiger partial charge on any atom is -0.377 e. The Labute approximate surface area is 96.2 Å². The van der Waals surface area contributed by atoms with Crippen molar-refractivity contribution in [3.63, 3.8) is 0 Å². The van der Waals surface area contributed by atoms with E-state index in [4.69, 9.17) is 4.74 Å². The Hall–Kier alpha value is -0.930. The summed E-state index contributed by atoms with van der Waals surface area (Å²) in [4.78, 5) is 4.50. The van der Waals surface area contributed by atoms with Crippen molar-refractivity contribution in [3.8, 4) is 0 Å². The Bertz CT molecular complexity index is 380. The Balaban J connectivity index is 1.73. The number of pyridine rings is 1. The number of nitrogens with one attached hydrogen (secondary N) is 1. The van der Waals surface area contributed by atoms with Gasteiger partial charge in [0.1, 0.15) is 0 Å². The standard InChI is InChI=1S/C13H18N2O/c1-9-11(6-8-16-9)15-12-5-4-10-3-2-7-14-13(10)12/h2-3,7,9,11-12,15H,4-6,8H2,1H3. The van der Waals surface area contributed by atoms with Crippen LogP contribution in [0.4, 0.5) is 0 Å². The van der Waals surface area contributed by atoms with Gasteiger partial charge < -0.3 is 10.1 Å². The van der Waals surface area contributed by atoms with Crippen molar-refractivity contribution in [1.82, 2.24) is 10.3 Å². The number of rotatable bonds is 2. The average molecular weight is 218 g/mol. The van der Waals surface area contributed by atoms with E-state index in [1.807, 2.05) is 12.3 Å². The molecule has 3 rings (SSSR count). The lowest BCUT2D eigenvalue weighted by atomic mass is 10.1. The summed E-state index contributed by atoms with van der Waals surface area (Å²) in [7, 11) is 0. The third-order valence-electron chi connectivity index (χ3n) is 3.75. The first-order chi connectivity index (χ1) is 7.84. The number of aryl methyl sites for hydroxylation is 1. The molecule has 2 aliphatic rings. The van der Waals surface area contributed by atoms with Crippen LogP contribution in [0.2, 0.25) is 0 Å². The number of nitrogens with zero attached hydrogens (tertiary/aromatic N) is 1. The second-order valence-corrected chi connectivity index (χ2v) is 4.78. The highest BCUT2D eigenvalue weighted by atomic mass is 16.5. The topological polar surface area (TPSA) is 34.1 Å². The van der Waals surface area contributed by atoms with E-state index in [1.54, 1.807) is 0 Å². The van der Waals surface area contributed by atoms with E-state index in [0.717, 1.165) is 19.4 Å². The van der Waals surface area contributed by atoms with Crippen LogP contribution in [0.25, 0.3) is 0 Å². The zero-order chi connectivity index (χ0) is 11.0. The Morgan fingerprint density at radius 3 is 3.19 bits per heavy atom. The van der Waals surface area contributed by atoms with Crippen LogP contribution >= 0.6 is 0 Å². The first-order valence-corrected chi connectivity index (χ1v) is 6.16. The molecule has 1 saturated heterocycles. The summed E-state index contributed by atoms with van der Waals surface area (Å²) in [5, 5.41) is 3.70. The smallest absolute Gasteiger partial charge is 0.0700 e. The molecule has 0 aromatic carbocycles. The lowest BCUT2D eigenvalue weighted by Crippen LogP contribution is -2.37. The van der Waals surface area contributed by atoms with Crippen molar-refractivity contribution in [3.05, 3.63) is 29.6 Å². The third kappa shape index (κ3) is 1.74. The molecule has 1 N–H and O–H groups in total. The maximum Gasteiger partial charge on any atom is 0.0700 e. The Kier molecular flexibility index (Phi) is 2.65. The fourth-order valence-electron chi connectivity index (χ4n) is 2.78. The summed E-state index contributed by atoms with van der Waals surface area (Å²) in [6.45, 7) is 3.04. The average Bonchev–Trinajstić information content (AvgIpc) is 2.88. The molecule has 3 atom stereocenters. The molecule has 3 unspecified atom stereocenters. The number of fused-ring (bicyclic) bond motifs is 1. The molecule has 0 spiro atoms. The van der Waals surface area contributed by atoms with E-state index in [2.05, 4.69) is 23.3 Å². The fraction of sp³-hybridized carbons (Fsp3) is 0.615. The van der Waals surface area contributed by atoms with Crippen molar-refractivity contribution in [2.45, 2.75) is 44.4 Å². The molecule has 0 saturated carbocycles. The number of aromatic nitrogens is 1. The molecule has 1 aliphatic heterocycles. The molecule has 1 aromatic heterocycles. The zero-order valence-electron chi connectivity index (χ0n) is 9.65. The minimum atomic E-state index is 0.341. The van der Waals surface area contributed by atoms with Gasteiger partial charge in [0.05, 0.1) is 17.8 Å². The van der Waals surface area contributed by atoms with Crippen molar-refractivity contribution in [2.75, 3.05) is 6.61 Å². The highest BCUT2D eigenvalue weighted by molar-refractivity contribution is 5.28. The van der Waals surface area contributed by atoms with Crippen LogP contribution in [0.15, 0.2) is 18.3 Å². The van der Waals surface area contributed by atoms with E-state index in [9.17, 15) is 0 Å². The highest BCUT2D eigenvalue weighted by Gasteiger charge is 2.30. The summed E-state index contributed by atoms with van der Waals surface area (Å²) in [6.07, 6.45) is 5.69. The SMILES string of the molecule is CC1OCCC1NC1CCc2cccnc21. The van der Waals surface area contributed by atoms with Gasteiger partial charge in [-0.2, -0.15) is 0 Å². The molecule has 0 amide bonds. The number of hydrogen-bond donors (Lipinski definition) is 1. The van der Waals surface area contributed by atoms with Gasteiger partial charge in [-0.05, 0) is 37.8 Å². The molecule has 1 fully saturated rings. The van der Waals surface area contributed by atoms with Crippen molar-refractivity contribution < 1.29 is 4.74 Å². The summed E-state index contributed by atoms with van der Waals surface area (Å²) in [5.74, 6) is 0. The minimum absolute atomic E-state index is 0.341. The molecule has 86 valence electrons. The number of hydrogen-bond acceptors (Lipinski definition) is 3. The van der Waals surface area contributed by atoms with Crippen LogP contribution in [0.1, 0.15) is 37.1 Å². The van der Waals surface area contributed by atoms with Crippen molar-refractivity contribution in [1.29, 1.82) is 0 Å². The van der Waals surface area contributed by atoms with Crippen molar-refractivity contribution >= 4 is 0 Å². The summed E-state index contributed by atoms with van der Waals surface area (Å²) >= 11 is 0. The normalized spacial score (nSPS) is 32.9. The van der Waals surface area contributed by atoms with E-state index in [0.29, 0.717) is 18.2 Å². The van der Waals surface area contributed by atoms with Crippen molar-refractivity contribution in [2.24, 2.45) is 0 Å². The first-order valence-electron chi connectivity index (χ1n) is 6.16. The Morgan fingerprint density at radius 2 is 2.38 bits per heavy atom. The van der Waals surface area contributed by atoms with E-state index in [-0.39, 0.29) is 0 Å². The van der Waals surface area contributed by atoms with Gasteiger partial charge >= 0.3 is 0 Å². The summed E-state index contributed by atoms with van der Waals surface area (Å²) in [6, 6.07) is 5.16. The largest absolute Gasteiger partial charge is 0.377 e. The lowest BCUT2D eigenvalue weighted by molar-refractivity contribution is 0.110. The summed E-state index contributed by atoms with van der Waals surface area (Å²) in [5.41, 5.74) is 2.66. The molecule has 16 heavy (non-hydrogen) atoms. The first kappa shape index (κ1) is 10.2. The van der Waals surface area contributed by atoms with Gasteiger partial charge in [-0.1, -0.05) is 6.07 Å². The molecule has 1 aliphatic carbocycles. The maximum absolute atomic E-state index is 5.58. The second-order valence-electron chi connectivity index (χ2n) is 4.78. The molecule has 0 radical (unpaired) electrons. The van der Waals surface area contributed by atoms with Crippen LogP contribution in [-0.4, -0.2) is 23.7 Å². The predicted molar refractivity (Wildman–Crippen MR) is 62.3 cm³/mol. The number of ether oxygens (including phenoxy) is 1. The quantitative estimate of drug-likeness (QED) is 0.822. The van der Waals surface area contributed by atoms with Gasteiger partial charge in [0.15, 0.2) is 0 Å². The van der Waals surface area contributed by atoms with Gasteiger partial charge in [0, 0.05) is 18.8 Å². The van der Waals surface area contributed by atoms with Crippen LogP contribution in [-0.2, 0) is 11.2 Å². The van der Waals surface area contributed by atoms with Gasteiger partial charge in [-0.25, -0.2) is 0 Å². The van der Waals surface area contributed by atoms with Crippen LogP contribution in [0.3, 0.4) is 0 Å². The molecular formula is C13H18N2O. The van der Waals surface area contributed by atoms with Gasteiger partial charge in [0.2, 0.25) is 0 Å². The summed E-state index contributed by atoms with van der Waals surface area (Å²) < 4.78 is 5.58. The van der Waals surface area contributed by atoms with Crippen LogP contribution in [0.5, 0.6) is 0 Å². The van der Waals surface area contributed by atoms with Gasteiger partial charge in [-0.3, -0.25) is 4.98 Å². The van der Waals surface area contributed by atoms with Gasteiger partial charge in [0.25, 0.3) is 0 Å². The van der Waals surface area contributed by atoms with Crippen LogP contribution in [0, 0.1) is 0 Å². The van der Waals surface area contributed by atoms with Gasteiger partial charge in [-0.15, -0.1) is 0 Å². The maximum atomic E-state index is 5.58. The molecular weight excluding hydrogens is 200 g/mol. The molecule has 2 heterocycles. The monoisotopic (exact) mass is 218 g/mol. The highest BCUT2D eigenvalue weighted by Crippen LogP contribution is 2.30. The zero-order valence-corrected chi connectivity index (χ0v) is 9.65. The predicted octanol–water partition coefficient (Wildman–Crippen LogP) is 1.84. The second kappa shape index (κ2) is 4.15. The molecule has 3 nitrogen and oxygen atoms in total.